The number of rotatable bonds is 84. The van der Waals surface area contributed by atoms with E-state index in [4.69, 9.17) is 42.2 Å². The molecule has 2 fully saturated rings. The Morgan fingerprint density at radius 1 is 0.333 bits per heavy atom. The first-order valence-electron chi connectivity index (χ1n) is 49.7. The highest BCUT2D eigenvalue weighted by Gasteiger charge is 2.55. The van der Waals surface area contributed by atoms with Crippen LogP contribution in [-0.2, 0) is 80.1 Å². The van der Waals surface area contributed by atoms with Gasteiger partial charge in [-0.05, 0) is 51.4 Å². The summed E-state index contributed by atoms with van der Waals surface area (Å²) in [6.07, 6.45) is 34.0. The predicted molar refractivity (Wildman–Crippen MR) is 481 cm³/mol. The van der Waals surface area contributed by atoms with Crippen molar-refractivity contribution in [3.63, 3.8) is 0 Å². The predicted octanol–water partition coefficient (Wildman–Crippen LogP) is 20.6. The number of carbonyl (C=O) groups is 6. The Bertz CT molecular complexity index is 2710. The minimum Gasteiger partial charge on any atom is -0.462 e. The van der Waals surface area contributed by atoms with Crippen LogP contribution < -0.4 is 10.6 Å². The van der Waals surface area contributed by atoms with Gasteiger partial charge in [0.1, 0.15) is 48.7 Å². The monoisotopic (exact) mass is 1800 g/mol. The number of ether oxygens (including phenoxy) is 7. The number of aliphatic hydroxyl groups excluding tert-OH is 4. The molecule has 2 aliphatic heterocycles. The van der Waals surface area contributed by atoms with Gasteiger partial charge >= 0.3 is 39.5 Å². The van der Waals surface area contributed by atoms with E-state index in [9.17, 15) is 68.3 Å². The fourth-order valence-electron chi connectivity index (χ4n) is 16.6. The van der Waals surface area contributed by atoms with E-state index >= 15 is 9.59 Å². The normalized spacial score (nSPS) is 20.4. The Morgan fingerprint density at radius 3 is 0.984 bits per heavy atom. The summed E-state index contributed by atoms with van der Waals surface area (Å²) in [5, 5.41) is 51.5. The molecule has 724 valence electrons. The first-order chi connectivity index (χ1) is 59.3. The number of aliphatic hydroxyl groups is 4. The molecule has 0 saturated carbocycles. The van der Waals surface area contributed by atoms with Crippen LogP contribution in [0.3, 0.4) is 0 Å². The van der Waals surface area contributed by atoms with Crippen molar-refractivity contribution in [2.24, 2.45) is 0 Å². The van der Waals surface area contributed by atoms with Crippen molar-refractivity contribution >= 4 is 51.3 Å². The first kappa shape index (κ1) is 116. The number of nitrogens with one attached hydrogen (secondary N) is 2. The summed E-state index contributed by atoms with van der Waals surface area (Å²) in [5.74, 6) is -5.04. The summed E-state index contributed by atoms with van der Waals surface area (Å²) in [6.45, 7) is 10.9. The molecule has 2 heterocycles. The Kier molecular flexibility index (Phi) is 71.0. The molecule has 2 aliphatic rings. The molecule has 123 heavy (non-hydrogen) atoms. The molecular formula is C94H178N2O25P2. The van der Waals surface area contributed by atoms with Crippen molar-refractivity contribution in [2.75, 3.05) is 13.2 Å². The van der Waals surface area contributed by atoms with Crippen molar-refractivity contribution in [3.05, 3.63) is 0 Å². The zero-order valence-corrected chi connectivity index (χ0v) is 79.4. The van der Waals surface area contributed by atoms with Crippen LogP contribution in [-0.4, -0.2) is 175 Å². The van der Waals surface area contributed by atoms with Crippen LogP contribution in [0.1, 0.15) is 465 Å². The minimum atomic E-state index is -5.69. The van der Waals surface area contributed by atoms with Crippen LogP contribution in [0.2, 0.25) is 0 Å². The van der Waals surface area contributed by atoms with Gasteiger partial charge in [-0.15, -0.1) is 0 Å². The van der Waals surface area contributed by atoms with Gasteiger partial charge in [-0.25, -0.2) is 9.13 Å². The zero-order chi connectivity index (χ0) is 90.4. The maximum atomic E-state index is 15.2. The molecule has 5 unspecified atom stereocenters. The molecule has 14 atom stereocenters. The van der Waals surface area contributed by atoms with E-state index in [1.54, 1.807) is 0 Å². The van der Waals surface area contributed by atoms with Gasteiger partial charge < -0.3 is 83.8 Å². The van der Waals surface area contributed by atoms with E-state index < -0.39 is 176 Å². The van der Waals surface area contributed by atoms with Crippen LogP contribution >= 0.6 is 15.6 Å². The largest absolute Gasteiger partial charge is 0.472 e. The van der Waals surface area contributed by atoms with Crippen molar-refractivity contribution in [1.29, 1.82) is 0 Å². The second-order valence-electron chi connectivity index (χ2n) is 35.5. The van der Waals surface area contributed by atoms with E-state index in [0.717, 1.165) is 257 Å². The van der Waals surface area contributed by atoms with E-state index in [1.807, 2.05) is 0 Å². The highest BCUT2D eigenvalue weighted by molar-refractivity contribution is 7.46. The Labute approximate surface area is 742 Å². The highest BCUT2D eigenvalue weighted by Crippen LogP contribution is 2.44. The van der Waals surface area contributed by atoms with Gasteiger partial charge in [0, 0.05) is 12.8 Å². The van der Waals surface area contributed by atoms with Crippen LogP contribution in [0.5, 0.6) is 0 Å². The molecule has 2 amide bonds. The SMILES string of the molecule is CCCCCCCCCCCCCC(=O)O[C@H](CCCCCCCCCCC)CC(=O)OC1C(NC(=O)C[C@@H](CCCCCCCCCCC)OC(=O)CCCCCCCCCCC)[C@H](OCC2O[C@H](OP(=O)(O)O)C(NC(=O)C[C@H](O)CCCCCCCCCCC)C(OC(=O)C[C@H](O)CCCCCCCCCCC)[C@@H]2O)O[C@H](CO)[C@H]1OP(=O)(O)O. The topological polar surface area (TPSA) is 406 Å². The maximum absolute atomic E-state index is 15.2. The number of hydrogen-bond donors (Lipinski definition) is 10. The fraction of sp³-hybridized carbons (Fsp3) is 0.936. The second kappa shape index (κ2) is 75.4. The summed E-state index contributed by atoms with van der Waals surface area (Å²) >= 11 is 0. The van der Waals surface area contributed by atoms with Gasteiger partial charge in [0.25, 0.3) is 0 Å². The lowest BCUT2D eigenvalue weighted by Gasteiger charge is -2.47. The number of unbranched alkanes of at least 4 members (excludes halogenated alkanes) is 50. The third kappa shape index (κ3) is 61.9. The molecule has 29 heteroatoms. The Hall–Kier alpha value is -3.24. The van der Waals surface area contributed by atoms with Gasteiger partial charge in [-0.1, -0.05) is 375 Å². The second-order valence-corrected chi connectivity index (χ2v) is 37.9. The number of hydrogen-bond acceptors (Lipinski definition) is 21. The van der Waals surface area contributed by atoms with E-state index in [2.05, 4.69) is 52.2 Å². The molecule has 0 aromatic heterocycles. The summed E-state index contributed by atoms with van der Waals surface area (Å²) < 4.78 is 80.1. The number of phosphoric acid groups is 2. The lowest BCUT2D eigenvalue weighted by molar-refractivity contribution is -0.297. The van der Waals surface area contributed by atoms with Crippen LogP contribution in [0.15, 0.2) is 0 Å². The minimum absolute atomic E-state index is 0.0781. The Morgan fingerprint density at radius 2 is 0.626 bits per heavy atom. The molecule has 2 saturated heterocycles. The van der Waals surface area contributed by atoms with Crippen LogP contribution in [0.4, 0.5) is 0 Å². The van der Waals surface area contributed by atoms with E-state index in [1.165, 1.54) is 64.2 Å². The molecule has 10 N–H and O–H groups in total. The highest BCUT2D eigenvalue weighted by atomic mass is 31.2. The van der Waals surface area contributed by atoms with Gasteiger partial charge in [0.15, 0.2) is 24.8 Å². The van der Waals surface area contributed by atoms with Crippen molar-refractivity contribution in [3.8, 4) is 0 Å². The molecule has 0 aromatic carbocycles. The summed E-state index contributed by atoms with van der Waals surface area (Å²) in [4.78, 5) is 128. The van der Waals surface area contributed by atoms with Gasteiger partial charge in [-0.2, -0.15) is 0 Å². The Balaban J connectivity index is 2.84. The lowest BCUT2D eigenvalue weighted by Crippen LogP contribution is -2.68. The third-order valence-corrected chi connectivity index (χ3v) is 24.9. The average molecular weight is 1800 g/mol. The molecule has 2 rings (SSSR count). The first-order valence-corrected chi connectivity index (χ1v) is 52.8. The van der Waals surface area contributed by atoms with Gasteiger partial charge in [0.05, 0.1) is 51.1 Å². The zero-order valence-electron chi connectivity index (χ0n) is 77.6. The summed E-state index contributed by atoms with van der Waals surface area (Å²) in [7, 11) is -11.4. The van der Waals surface area contributed by atoms with Crippen molar-refractivity contribution < 1.29 is 120 Å². The fourth-order valence-corrected chi connectivity index (χ4v) is 17.6. The van der Waals surface area contributed by atoms with Gasteiger partial charge in [0.2, 0.25) is 11.8 Å². The van der Waals surface area contributed by atoms with Gasteiger partial charge in [-0.3, -0.25) is 37.8 Å². The van der Waals surface area contributed by atoms with Crippen molar-refractivity contribution in [2.45, 2.75) is 551 Å². The summed E-state index contributed by atoms with van der Waals surface area (Å²) in [6, 6.07) is -3.86. The maximum Gasteiger partial charge on any atom is 0.472 e. The number of carbonyl (C=O) groups excluding carboxylic acids is 6. The quantitative estimate of drug-likeness (QED) is 0.0117. The molecule has 0 aliphatic carbocycles. The standard InChI is InChI=1S/C94H178N2O25P2/c1-7-13-19-25-31-37-38-44-50-56-62-68-84(103)115-78(66-60-54-48-42-35-29-23-17-11-5)72-86(105)119-92-88(96-82(101)71-77(65-59-53-47-41-34-28-22-16-10-4)114-83(102)67-61-55-49-43-36-30-24-18-12-6)93(116-79(73-97)90(92)120-122(107,108)109)113-74-80-89(106)91(118-85(104)70-76(99)64-58-52-46-40-33-27-21-15-9-3)87(94(117-80)121-123(110,111)112)95-81(100)69-75(98)63-57-51-45-39-32-26-20-14-8-2/h75-80,87-94,97-99,106H,7-74H2,1-6H3,(H,95,100)(H,96,101)(H2,107,108,109)(H2,110,111,112)/t75-,76-,77-,78-,79-,80?,87?,88?,89-,90-,91?,92?,93-,94-/m1/s1. The summed E-state index contributed by atoms with van der Waals surface area (Å²) in [5.41, 5.74) is 0. The molecule has 0 bridgehead atoms. The molecule has 0 spiro atoms. The smallest absolute Gasteiger partial charge is 0.462 e. The third-order valence-electron chi connectivity index (χ3n) is 23.9. The number of esters is 4. The van der Waals surface area contributed by atoms with Crippen molar-refractivity contribution in [1.82, 2.24) is 10.6 Å². The lowest BCUT2D eigenvalue weighted by atomic mass is 9.95. The number of phosphoric ester groups is 2. The van der Waals surface area contributed by atoms with Crippen LogP contribution in [0, 0.1) is 0 Å². The van der Waals surface area contributed by atoms with Crippen LogP contribution in [0.25, 0.3) is 0 Å². The van der Waals surface area contributed by atoms with E-state index in [-0.39, 0.29) is 38.5 Å². The number of amides is 2. The molecular weight excluding hydrogens is 1620 g/mol. The molecule has 0 radical (unpaired) electrons. The molecule has 27 nitrogen and oxygen atoms in total. The van der Waals surface area contributed by atoms with E-state index in [0.29, 0.717) is 38.5 Å². The average Bonchev–Trinajstić information content (AvgIpc) is 0.778. The molecule has 0 aromatic rings.